The van der Waals surface area contributed by atoms with Gasteiger partial charge in [-0.05, 0) is 13.3 Å². The summed E-state index contributed by atoms with van der Waals surface area (Å²) in [6.45, 7) is 7.65. The van der Waals surface area contributed by atoms with E-state index in [-0.39, 0.29) is 11.0 Å². The van der Waals surface area contributed by atoms with Crippen LogP contribution in [0.1, 0.15) is 26.7 Å². The molecule has 1 amide bonds. The number of carbonyl (C=O) groups excluding carboxylic acids is 2. The van der Waals surface area contributed by atoms with Gasteiger partial charge < -0.3 is 5.32 Å². The van der Waals surface area contributed by atoms with E-state index in [9.17, 15) is 9.59 Å². The number of carbonyl (C=O) groups is 2. The number of hydrogen-bond acceptors (Lipinski definition) is 3. The number of amides is 1. The molecule has 0 saturated heterocycles. The van der Waals surface area contributed by atoms with Crippen molar-refractivity contribution in [3.63, 3.8) is 0 Å². The van der Waals surface area contributed by atoms with Crippen LogP contribution in [0.25, 0.3) is 0 Å². The Balaban J connectivity index is 3.32. The highest BCUT2D eigenvalue weighted by Crippen LogP contribution is 2.02. The van der Waals surface area contributed by atoms with Crippen LogP contribution in [0.5, 0.6) is 0 Å². The van der Waals surface area contributed by atoms with Crippen molar-refractivity contribution in [3.05, 3.63) is 12.2 Å². The van der Waals surface area contributed by atoms with Gasteiger partial charge in [0.15, 0.2) is 5.12 Å². The van der Waals surface area contributed by atoms with Crippen LogP contribution < -0.4 is 5.32 Å². The molecule has 0 saturated carbocycles. The predicted molar refractivity (Wildman–Crippen MR) is 60.2 cm³/mol. The molecule has 0 aromatic rings. The van der Waals surface area contributed by atoms with Gasteiger partial charge in [0, 0.05) is 25.6 Å². The highest BCUT2D eigenvalue weighted by atomic mass is 32.2. The van der Waals surface area contributed by atoms with Crippen molar-refractivity contribution >= 4 is 22.8 Å². The van der Waals surface area contributed by atoms with Crippen molar-refractivity contribution in [1.82, 2.24) is 5.32 Å². The first-order valence-electron chi connectivity index (χ1n) is 4.57. The monoisotopic (exact) mass is 215 g/mol. The van der Waals surface area contributed by atoms with Crippen LogP contribution in [-0.4, -0.2) is 23.3 Å². The highest BCUT2D eigenvalue weighted by molar-refractivity contribution is 8.13. The second kappa shape index (κ2) is 7.62. The van der Waals surface area contributed by atoms with E-state index >= 15 is 0 Å². The summed E-state index contributed by atoms with van der Waals surface area (Å²) in [5, 5.41) is 2.89. The molecule has 0 aromatic carbocycles. The second-order valence-corrected chi connectivity index (χ2v) is 4.45. The van der Waals surface area contributed by atoms with Crippen LogP contribution in [0.4, 0.5) is 0 Å². The number of hydrogen-bond donors (Lipinski definition) is 1. The zero-order chi connectivity index (χ0) is 11.0. The summed E-state index contributed by atoms with van der Waals surface area (Å²) in [5.74, 6) is 0.771. The van der Waals surface area contributed by atoms with Crippen molar-refractivity contribution in [1.29, 1.82) is 0 Å². The quantitative estimate of drug-likeness (QED) is 0.542. The van der Waals surface area contributed by atoms with E-state index in [0.717, 1.165) is 17.7 Å². The average molecular weight is 215 g/mol. The molecule has 4 heteroatoms. The van der Waals surface area contributed by atoms with E-state index in [4.69, 9.17) is 0 Å². The van der Waals surface area contributed by atoms with E-state index < -0.39 is 0 Å². The van der Waals surface area contributed by atoms with Crippen LogP contribution in [-0.2, 0) is 9.59 Å². The fraction of sp³-hybridized carbons (Fsp3) is 0.600. The molecule has 0 unspecified atom stereocenters. The Morgan fingerprint density at radius 2 is 2.00 bits per heavy atom. The van der Waals surface area contributed by atoms with Crippen LogP contribution >= 0.6 is 11.8 Å². The van der Waals surface area contributed by atoms with Gasteiger partial charge in [0.1, 0.15) is 0 Å². The van der Waals surface area contributed by atoms with E-state index in [0.29, 0.717) is 13.0 Å². The maximum absolute atomic E-state index is 11.1. The van der Waals surface area contributed by atoms with Crippen LogP contribution in [0.15, 0.2) is 12.2 Å². The van der Waals surface area contributed by atoms with Gasteiger partial charge >= 0.3 is 0 Å². The maximum atomic E-state index is 11.1. The fourth-order valence-electron chi connectivity index (χ4n) is 0.852. The third-order valence-electron chi connectivity index (χ3n) is 1.41. The Hall–Kier alpha value is -0.770. The van der Waals surface area contributed by atoms with Gasteiger partial charge in [0.25, 0.3) is 0 Å². The Morgan fingerprint density at radius 3 is 2.50 bits per heavy atom. The third-order valence-corrected chi connectivity index (χ3v) is 2.31. The van der Waals surface area contributed by atoms with E-state index in [2.05, 4.69) is 11.9 Å². The van der Waals surface area contributed by atoms with E-state index in [1.807, 2.05) is 6.92 Å². The molecule has 0 aliphatic heterocycles. The van der Waals surface area contributed by atoms with Crippen molar-refractivity contribution < 1.29 is 9.59 Å². The van der Waals surface area contributed by atoms with E-state index in [1.165, 1.54) is 11.8 Å². The molecule has 0 aliphatic carbocycles. The highest BCUT2D eigenvalue weighted by Gasteiger charge is 2.00. The maximum Gasteiger partial charge on any atom is 0.224 e. The zero-order valence-electron chi connectivity index (χ0n) is 8.76. The molecule has 3 nitrogen and oxygen atoms in total. The summed E-state index contributed by atoms with van der Waals surface area (Å²) in [5.41, 5.74) is 0.862. The van der Waals surface area contributed by atoms with Crippen LogP contribution in [0.3, 0.4) is 0 Å². The first-order chi connectivity index (χ1) is 6.52. The average Bonchev–Trinajstić information content (AvgIpc) is 2.01. The van der Waals surface area contributed by atoms with Crippen molar-refractivity contribution in [2.45, 2.75) is 26.7 Å². The lowest BCUT2D eigenvalue weighted by atomic mass is 10.2. The minimum atomic E-state index is 0.00493. The minimum absolute atomic E-state index is 0.00493. The van der Waals surface area contributed by atoms with Gasteiger partial charge in [-0.1, -0.05) is 23.9 Å². The summed E-state index contributed by atoms with van der Waals surface area (Å²) in [4.78, 5) is 21.7. The topological polar surface area (TPSA) is 46.2 Å². The smallest absolute Gasteiger partial charge is 0.224 e. The third kappa shape index (κ3) is 9.32. The molecule has 0 heterocycles. The normalized spacial score (nSPS) is 9.57. The number of nitrogens with one attached hydrogen (secondary N) is 1. The van der Waals surface area contributed by atoms with Gasteiger partial charge in [-0.2, -0.15) is 0 Å². The number of thioether (sulfide) groups is 1. The predicted octanol–water partition coefficient (Wildman–Crippen LogP) is 1.74. The lowest BCUT2D eigenvalue weighted by molar-refractivity contribution is -0.120. The summed E-state index contributed by atoms with van der Waals surface area (Å²) < 4.78 is 0. The molecule has 0 rings (SSSR count). The summed E-state index contributed by atoms with van der Waals surface area (Å²) in [6.07, 6.45) is 1.21. The van der Waals surface area contributed by atoms with Gasteiger partial charge in [-0.3, -0.25) is 9.59 Å². The second-order valence-electron chi connectivity index (χ2n) is 3.18. The van der Waals surface area contributed by atoms with Gasteiger partial charge in [-0.25, -0.2) is 0 Å². The summed E-state index contributed by atoms with van der Waals surface area (Å²) in [6, 6.07) is 0. The van der Waals surface area contributed by atoms with E-state index in [1.54, 1.807) is 6.92 Å². The largest absolute Gasteiger partial charge is 0.356 e. The molecule has 0 atom stereocenters. The Labute approximate surface area is 89.3 Å². The molecule has 0 aliphatic rings. The molecule has 0 bridgehead atoms. The molecule has 1 N–H and O–H groups in total. The number of rotatable bonds is 6. The molecule has 0 spiro atoms. The molecule has 0 radical (unpaired) electrons. The van der Waals surface area contributed by atoms with Crippen molar-refractivity contribution in [2.75, 3.05) is 12.3 Å². The molecular weight excluding hydrogens is 198 g/mol. The fourth-order valence-corrected chi connectivity index (χ4v) is 1.43. The standard InChI is InChI=1S/C10H17NO2S/c1-8(2)7-10(13)11-5-4-6-14-9(3)12/h1,4-7H2,2-3H3,(H,11,13). The lowest BCUT2D eigenvalue weighted by Crippen LogP contribution is -2.24. The Morgan fingerprint density at radius 1 is 1.36 bits per heavy atom. The molecule has 80 valence electrons. The van der Waals surface area contributed by atoms with Gasteiger partial charge in [-0.15, -0.1) is 0 Å². The Bertz CT molecular complexity index is 226. The van der Waals surface area contributed by atoms with Gasteiger partial charge in [0.2, 0.25) is 5.91 Å². The van der Waals surface area contributed by atoms with Crippen LogP contribution in [0.2, 0.25) is 0 Å². The van der Waals surface area contributed by atoms with Crippen LogP contribution in [0, 0.1) is 0 Å². The minimum Gasteiger partial charge on any atom is -0.356 e. The molecule has 0 fully saturated rings. The lowest BCUT2D eigenvalue weighted by Gasteiger charge is -2.03. The van der Waals surface area contributed by atoms with Gasteiger partial charge in [0.05, 0.1) is 0 Å². The SMILES string of the molecule is C=C(C)CC(=O)NCCCSC(C)=O. The van der Waals surface area contributed by atoms with Crippen molar-refractivity contribution in [2.24, 2.45) is 0 Å². The molecule has 14 heavy (non-hydrogen) atoms. The summed E-state index contributed by atoms with van der Waals surface area (Å²) in [7, 11) is 0. The first kappa shape index (κ1) is 13.2. The molecular formula is C10H17NO2S. The zero-order valence-corrected chi connectivity index (χ0v) is 9.58. The first-order valence-corrected chi connectivity index (χ1v) is 5.55. The van der Waals surface area contributed by atoms with Crippen molar-refractivity contribution in [3.8, 4) is 0 Å². The summed E-state index contributed by atoms with van der Waals surface area (Å²) >= 11 is 1.29. The Kier molecular flexibility index (Phi) is 7.20. The molecule has 0 aromatic heterocycles.